The van der Waals surface area contributed by atoms with Crippen LogP contribution < -0.4 is 0 Å². The van der Waals surface area contributed by atoms with Crippen molar-refractivity contribution in [3.05, 3.63) is 36.1 Å². The monoisotopic (exact) mass is 211 g/mol. The third kappa shape index (κ3) is 3.14. The summed E-state index contributed by atoms with van der Waals surface area (Å²) >= 11 is 0. The van der Waals surface area contributed by atoms with Gasteiger partial charge in [-0.2, -0.15) is 0 Å². The molecule has 0 aliphatic rings. The molecule has 0 bridgehead atoms. The van der Waals surface area contributed by atoms with Crippen molar-refractivity contribution in [2.45, 2.75) is 25.2 Å². The number of benzene rings is 1. The van der Waals surface area contributed by atoms with E-state index in [-0.39, 0.29) is 0 Å². The minimum atomic E-state index is -3.18. The number of rotatable bonds is 4. The first-order chi connectivity index (χ1) is 6.52. The summed E-state index contributed by atoms with van der Waals surface area (Å²) in [7, 11) is -3.18. The fraction of sp³-hybridized carbons (Fsp3) is 0.364. The topological polar surface area (TPSA) is 34.1 Å². The first kappa shape index (κ1) is 11.2. The van der Waals surface area contributed by atoms with E-state index >= 15 is 0 Å². The van der Waals surface area contributed by atoms with Gasteiger partial charge in [0.15, 0.2) is 9.84 Å². The van der Waals surface area contributed by atoms with Crippen molar-refractivity contribution in [3.8, 4) is 0 Å². The lowest BCUT2D eigenvalue weighted by atomic mass is 10.2. The Hall–Kier alpha value is -0.830. The zero-order chi connectivity index (χ0) is 10.6. The van der Waals surface area contributed by atoms with Crippen LogP contribution in [0.1, 0.15) is 20.3 Å². The van der Waals surface area contributed by atoms with Gasteiger partial charge in [-0.15, -0.1) is 0 Å². The molecule has 0 heterocycles. The highest BCUT2D eigenvalue weighted by atomic mass is 32.2. The van der Waals surface area contributed by atoms with Gasteiger partial charge in [-0.3, -0.25) is 0 Å². The number of hydrogen-bond donors (Lipinski definition) is 0. The highest BCUT2D eigenvalue weighted by Gasteiger charge is 2.14. The molecule has 0 amide bonds. The highest BCUT2D eigenvalue weighted by molar-refractivity contribution is 7.93. The summed E-state index contributed by atoms with van der Waals surface area (Å²) in [6, 6.07) is 8.51. The zero-order valence-corrected chi connectivity index (χ0v) is 9.29. The molecular weight excluding hydrogens is 196 g/mol. The standard InChI is InChI=1S/C11H15O2S/c1-10(2)8-9-14(12,13)11-6-4-3-5-7-11/h3-7,9-10H,8H2,1-2H3. The van der Waals surface area contributed by atoms with Crippen LogP contribution in [-0.4, -0.2) is 8.42 Å². The van der Waals surface area contributed by atoms with Crippen LogP contribution in [0.5, 0.6) is 0 Å². The summed E-state index contributed by atoms with van der Waals surface area (Å²) < 4.78 is 23.4. The van der Waals surface area contributed by atoms with E-state index in [1.54, 1.807) is 24.3 Å². The quantitative estimate of drug-likeness (QED) is 0.767. The van der Waals surface area contributed by atoms with Crippen molar-refractivity contribution in [2.75, 3.05) is 0 Å². The normalized spacial score (nSPS) is 11.9. The van der Waals surface area contributed by atoms with E-state index in [0.29, 0.717) is 17.2 Å². The lowest BCUT2D eigenvalue weighted by molar-refractivity contribution is 0.588. The van der Waals surface area contributed by atoms with E-state index in [2.05, 4.69) is 0 Å². The van der Waals surface area contributed by atoms with Crippen LogP contribution in [0, 0.1) is 11.7 Å². The molecule has 77 valence electrons. The van der Waals surface area contributed by atoms with Crippen LogP contribution in [0.15, 0.2) is 35.2 Å². The Morgan fingerprint density at radius 1 is 1.21 bits per heavy atom. The molecule has 14 heavy (non-hydrogen) atoms. The zero-order valence-electron chi connectivity index (χ0n) is 8.47. The van der Waals surface area contributed by atoms with Gasteiger partial charge in [-0.05, 0) is 24.5 Å². The summed E-state index contributed by atoms with van der Waals surface area (Å²) in [5.41, 5.74) is 0. The molecule has 2 nitrogen and oxygen atoms in total. The van der Waals surface area contributed by atoms with Gasteiger partial charge in [0.1, 0.15) is 0 Å². The second kappa shape index (κ2) is 4.60. The average molecular weight is 211 g/mol. The largest absolute Gasteiger partial charge is 0.223 e. The van der Waals surface area contributed by atoms with Crippen LogP contribution in [-0.2, 0) is 9.84 Å². The Kier molecular flexibility index (Phi) is 3.69. The first-order valence-corrected chi connectivity index (χ1v) is 6.20. The van der Waals surface area contributed by atoms with Crippen LogP contribution in [0.2, 0.25) is 0 Å². The molecule has 1 aromatic carbocycles. The SMILES string of the molecule is CC(C)C[CH]S(=O)(=O)c1ccccc1. The van der Waals surface area contributed by atoms with Gasteiger partial charge in [0.2, 0.25) is 0 Å². The second-order valence-corrected chi connectivity index (χ2v) is 5.55. The average Bonchev–Trinajstić information content (AvgIpc) is 2.16. The van der Waals surface area contributed by atoms with E-state index in [1.165, 1.54) is 5.75 Å². The van der Waals surface area contributed by atoms with Crippen LogP contribution in [0.4, 0.5) is 0 Å². The Morgan fingerprint density at radius 3 is 2.29 bits per heavy atom. The molecule has 1 aromatic rings. The van der Waals surface area contributed by atoms with Gasteiger partial charge in [0.05, 0.1) is 10.6 Å². The molecule has 0 fully saturated rings. The van der Waals surface area contributed by atoms with E-state index < -0.39 is 9.84 Å². The molecule has 0 saturated heterocycles. The fourth-order valence-corrected chi connectivity index (χ4v) is 2.39. The molecule has 0 aliphatic carbocycles. The van der Waals surface area contributed by atoms with Crippen LogP contribution in [0.25, 0.3) is 0 Å². The van der Waals surface area contributed by atoms with E-state index in [0.717, 1.165) is 0 Å². The van der Waals surface area contributed by atoms with Crippen LogP contribution in [0.3, 0.4) is 0 Å². The lowest BCUT2D eigenvalue weighted by Crippen LogP contribution is -2.03. The summed E-state index contributed by atoms with van der Waals surface area (Å²) in [6.45, 7) is 3.99. The van der Waals surface area contributed by atoms with Gasteiger partial charge in [-0.25, -0.2) is 8.42 Å². The summed E-state index contributed by atoms with van der Waals surface area (Å²) in [4.78, 5) is 0.376. The molecule has 0 unspecified atom stereocenters. The van der Waals surface area contributed by atoms with Crippen molar-refractivity contribution < 1.29 is 8.42 Å². The highest BCUT2D eigenvalue weighted by Crippen LogP contribution is 2.16. The molecule has 3 heteroatoms. The van der Waals surface area contributed by atoms with E-state index in [4.69, 9.17) is 0 Å². The van der Waals surface area contributed by atoms with Crippen molar-refractivity contribution in [2.24, 2.45) is 5.92 Å². The van der Waals surface area contributed by atoms with Gasteiger partial charge in [0, 0.05) is 0 Å². The molecule has 0 spiro atoms. The van der Waals surface area contributed by atoms with Gasteiger partial charge >= 0.3 is 0 Å². The Bertz CT molecular complexity index is 366. The number of sulfone groups is 1. The molecule has 0 saturated carbocycles. The summed E-state index contributed by atoms with van der Waals surface area (Å²) in [6.07, 6.45) is 0.594. The predicted octanol–water partition coefficient (Wildman–Crippen LogP) is 2.67. The lowest BCUT2D eigenvalue weighted by Gasteiger charge is -2.05. The first-order valence-electron chi connectivity index (χ1n) is 4.66. The summed E-state index contributed by atoms with van der Waals surface area (Å²) in [5.74, 6) is 1.76. The third-order valence-electron chi connectivity index (χ3n) is 1.86. The molecule has 0 aliphatic heterocycles. The fourth-order valence-electron chi connectivity index (χ4n) is 1.03. The molecule has 0 aromatic heterocycles. The van der Waals surface area contributed by atoms with Gasteiger partial charge in [-0.1, -0.05) is 32.0 Å². The smallest absolute Gasteiger partial charge is 0.182 e. The minimum absolute atomic E-state index is 0.369. The van der Waals surface area contributed by atoms with Crippen molar-refractivity contribution >= 4 is 9.84 Å². The summed E-state index contributed by atoms with van der Waals surface area (Å²) in [5, 5.41) is 0. The van der Waals surface area contributed by atoms with Crippen molar-refractivity contribution in [3.63, 3.8) is 0 Å². The van der Waals surface area contributed by atoms with E-state index in [1.807, 2.05) is 19.9 Å². The maximum absolute atomic E-state index is 11.7. The molecule has 0 atom stereocenters. The molecule has 0 N–H and O–H groups in total. The minimum Gasteiger partial charge on any atom is -0.223 e. The third-order valence-corrected chi connectivity index (χ3v) is 3.42. The molecular formula is C11H15O2S. The predicted molar refractivity (Wildman–Crippen MR) is 57.4 cm³/mol. The maximum atomic E-state index is 11.7. The number of hydrogen-bond acceptors (Lipinski definition) is 2. The second-order valence-electron chi connectivity index (χ2n) is 3.65. The van der Waals surface area contributed by atoms with Crippen molar-refractivity contribution in [1.82, 2.24) is 0 Å². The Labute approximate surface area is 85.9 Å². The van der Waals surface area contributed by atoms with Gasteiger partial charge in [0.25, 0.3) is 0 Å². The maximum Gasteiger partial charge on any atom is 0.182 e. The van der Waals surface area contributed by atoms with E-state index in [9.17, 15) is 8.42 Å². The van der Waals surface area contributed by atoms with Crippen LogP contribution >= 0.6 is 0 Å². The van der Waals surface area contributed by atoms with Gasteiger partial charge < -0.3 is 0 Å². The molecule has 1 rings (SSSR count). The molecule has 1 radical (unpaired) electrons. The Balaban J connectivity index is 2.77. The Morgan fingerprint density at radius 2 is 1.79 bits per heavy atom. The van der Waals surface area contributed by atoms with Crippen molar-refractivity contribution in [1.29, 1.82) is 0 Å².